The van der Waals surface area contributed by atoms with Crippen LogP contribution in [0.2, 0.25) is 0 Å². The molecular weight excluding hydrogens is 354 g/mol. The molecular formula is C22H31N3O3. The van der Waals surface area contributed by atoms with Gasteiger partial charge in [0.25, 0.3) is 5.91 Å². The molecule has 0 aromatic heterocycles. The third kappa shape index (κ3) is 3.77. The van der Waals surface area contributed by atoms with Crippen molar-refractivity contribution in [1.82, 2.24) is 10.2 Å². The second kappa shape index (κ2) is 7.22. The number of anilines is 1. The van der Waals surface area contributed by atoms with E-state index in [4.69, 9.17) is 0 Å². The molecule has 0 unspecified atom stereocenters. The average Bonchev–Trinajstić information content (AvgIpc) is 2.78. The Labute approximate surface area is 167 Å². The Morgan fingerprint density at radius 3 is 2.64 bits per heavy atom. The third-order valence-electron chi connectivity index (χ3n) is 5.93. The number of rotatable bonds is 4. The molecule has 1 heterocycles. The molecule has 1 saturated carbocycles. The van der Waals surface area contributed by atoms with Crippen LogP contribution in [-0.2, 0) is 16.0 Å². The molecule has 2 fully saturated rings. The lowest BCUT2D eigenvalue weighted by Gasteiger charge is -2.43. The van der Waals surface area contributed by atoms with Crippen molar-refractivity contribution < 1.29 is 14.4 Å². The number of urea groups is 1. The maximum Gasteiger partial charge on any atom is 0.325 e. The molecule has 3 rings (SSSR count). The number of aryl methyl sites for hydroxylation is 2. The Morgan fingerprint density at radius 2 is 2.00 bits per heavy atom. The van der Waals surface area contributed by atoms with E-state index in [-0.39, 0.29) is 23.8 Å². The number of carbonyl (C=O) groups excluding carboxylic acids is 3. The monoisotopic (exact) mass is 385 g/mol. The first kappa shape index (κ1) is 20.4. The van der Waals surface area contributed by atoms with Gasteiger partial charge in [0, 0.05) is 5.69 Å². The first-order chi connectivity index (χ1) is 13.1. The first-order valence-electron chi connectivity index (χ1n) is 10.1. The largest absolute Gasteiger partial charge is 0.325 e. The van der Waals surface area contributed by atoms with E-state index in [0.29, 0.717) is 18.8 Å². The minimum Gasteiger partial charge on any atom is -0.324 e. The quantitative estimate of drug-likeness (QED) is 0.777. The number of carbonyl (C=O) groups is 3. The molecule has 2 atom stereocenters. The van der Waals surface area contributed by atoms with Crippen molar-refractivity contribution in [3.63, 3.8) is 0 Å². The predicted octanol–water partition coefficient (Wildman–Crippen LogP) is 3.63. The summed E-state index contributed by atoms with van der Waals surface area (Å²) >= 11 is 0. The molecule has 1 saturated heterocycles. The van der Waals surface area contributed by atoms with Gasteiger partial charge in [0.2, 0.25) is 5.91 Å². The number of imide groups is 1. The Hall–Kier alpha value is -2.37. The van der Waals surface area contributed by atoms with Crippen molar-refractivity contribution in [3.8, 4) is 0 Å². The number of benzene rings is 1. The summed E-state index contributed by atoms with van der Waals surface area (Å²) in [7, 11) is 0. The van der Waals surface area contributed by atoms with E-state index in [2.05, 4.69) is 31.4 Å². The number of nitrogens with zero attached hydrogens (tertiary/aromatic N) is 1. The van der Waals surface area contributed by atoms with Crippen molar-refractivity contribution in [3.05, 3.63) is 29.3 Å². The van der Waals surface area contributed by atoms with Crippen LogP contribution in [0.15, 0.2) is 18.2 Å². The van der Waals surface area contributed by atoms with Crippen LogP contribution in [0, 0.1) is 18.3 Å². The molecule has 4 amide bonds. The maximum atomic E-state index is 13.2. The summed E-state index contributed by atoms with van der Waals surface area (Å²) in [5, 5.41) is 5.82. The highest BCUT2D eigenvalue weighted by atomic mass is 16.2. The summed E-state index contributed by atoms with van der Waals surface area (Å²) in [5.41, 5.74) is 1.85. The zero-order chi connectivity index (χ0) is 20.7. The molecule has 1 aliphatic carbocycles. The number of hydrogen-bond donors (Lipinski definition) is 2. The smallest absolute Gasteiger partial charge is 0.324 e. The molecule has 2 N–H and O–H groups in total. The van der Waals surface area contributed by atoms with Crippen LogP contribution < -0.4 is 10.6 Å². The fourth-order valence-electron chi connectivity index (χ4n) is 5.17. The van der Waals surface area contributed by atoms with Gasteiger partial charge in [-0.2, -0.15) is 0 Å². The van der Waals surface area contributed by atoms with E-state index in [1.165, 1.54) is 0 Å². The molecule has 28 heavy (non-hydrogen) atoms. The lowest BCUT2D eigenvalue weighted by atomic mass is 9.64. The first-order valence-corrected chi connectivity index (χ1v) is 10.1. The van der Waals surface area contributed by atoms with E-state index in [1.807, 2.05) is 32.0 Å². The third-order valence-corrected chi connectivity index (χ3v) is 5.93. The van der Waals surface area contributed by atoms with Crippen molar-refractivity contribution >= 4 is 23.5 Å². The van der Waals surface area contributed by atoms with Gasteiger partial charge in [-0.25, -0.2) is 4.79 Å². The summed E-state index contributed by atoms with van der Waals surface area (Å²) in [5.74, 6) is -0.290. The summed E-state index contributed by atoms with van der Waals surface area (Å²) in [6, 6.07) is 5.39. The molecule has 0 radical (unpaired) electrons. The van der Waals surface area contributed by atoms with Crippen molar-refractivity contribution in [2.75, 3.05) is 11.9 Å². The summed E-state index contributed by atoms with van der Waals surface area (Å²) in [6.07, 6.45) is 3.03. The van der Waals surface area contributed by atoms with Gasteiger partial charge < -0.3 is 10.6 Å². The lowest BCUT2D eigenvalue weighted by Crippen LogP contribution is -2.54. The number of amides is 4. The number of para-hydroxylation sites is 1. The van der Waals surface area contributed by atoms with Crippen molar-refractivity contribution in [2.45, 2.75) is 65.8 Å². The van der Waals surface area contributed by atoms with Crippen LogP contribution >= 0.6 is 0 Å². The molecule has 6 heteroatoms. The Kier molecular flexibility index (Phi) is 5.26. The maximum absolute atomic E-state index is 13.2. The highest BCUT2D eigenvalue weighted by Gasteiger charge is 2.56. The average molecular weight is 386 g/mol. The summed E-state index contributed by atoms with van der Waals surface area (Å²) < 4.78 is 0. The van der Waals surface area contributed by atoms with Crippen LogP contribution in [0.5, 0.6) is 0 Å². The van der Waals surface area contributed by atoms with Gasteiger partial charge in [0.15, 0.2) is 0 Å². The van der Waals surface area contributed by atoms with E-state index in [9.17, 15) is 14.4 Å². The molecule has 1 aromatic rings. The van der Waals surface area contributed by atoms with Crippen molar-refractivity contribution in [1.29, 1.82) is 0 Å². The van der Waals surface area contributed by atoms with E-state index >= 15 is 0 Å². The molecule has 1 spiro atoms. The zero-order valence-corrected chi connectivity index (χ0v) is 17.5. The van der Waals surface area contributed by atoms with Crippen LogP contribution in [0.4, 0.5) is 10.5 Å². The van der Waals surface area contributed by atoms with Gasteiger partial charge in [-0.05, 0) is 55.1 Å². The topological polar surface area (TPSA) is 78.5 Å². The van der Waals surface area contributed by atoms with E-state index < -0.39 is 11.6 Å². The van der Waals surface area contributed by atoms with Gasteiger partial charge in [0.1, 0.15) is 12.1 Å². The fourth-order valence-corrected chi connectivity index (χ4v) is 5.17. The molecule has 152 valence electrons. The second-order valence-corrected chi connectivity index (χ2v) is 9.27. The molecule has 6 nitrogen and oxygen atoms in total. The standard InChI is InChI=1S/C22H31N3O3/c1-6-16-9-7-8-15(3)18(16)23-17(26)12-25-19(27)22(24-20(25)28)11-14(2)10-21(4,5)13-22/h7-9,14H,6,10-13H2,1-5H3,(H,23,26)(H,24,28)/t14-,22+/m1/s1. The minimum atomic E-state index is -0.879. The summed E-state index contributed by atoms with van der Waals surface area (Å²) in [4.78, 5) is 39.5. The predicted molar refractivity (Wildman–Crippen MR) is 109 cm³/mol. The van der Waals surface area contributed by atoms with Gasteiger partial charge in [-0.3, -0.25) is 14.5 Å². The summed E-state index contributed by atoms with van der Waals surface area (Å²) in [6.45, 7) is 10.1. The van der Waals surface area contributed by atoms with Gasteiger partial charge >= 0.3 is 6.03 Å². The highest BCUT2D eigenvalue weighted by molar-refractivity contribution is 6.10. The number of nitrogens with one attached hydrogen (secondary N) is 2. The SMILES string of the molecule is CCc1cccc(C)c1NC(=O)CN1C(=O)N[C@]2(C[C@H](C)CC(C)(C)C2)C1=O. The normalized spacial score (nSPS) is 26.5. The van der Waals surface area contributed by atoms with Gasteiger partial charge in [-0.1, -0.05) is 45.9 Å². The van der Waals surface area contributed by atoms with Crippen LogP contribution in [0.1, 0.15) is 58.1 Å². The molecule has 0 bridgehead atoms. The Morgan fingerprint density at radius 1 is 1.29 bits per heavy atom. The molecule has 2 aliphatic rings. The fraction of sp³-hybridized carbons (Fsp3) is 0.591. The molecule has 1 aliphatic heterocycles. The van der Waals surface area contributed by atoms with Gasteiger partial charge in [-0.15, -0.1) is 0 Å². The van der Waals surface area contributed by atoms with Crippen LogP contribution in [-0.4, -0.2) is 34.8 Å². The molecule has 1 aromatic carbocycles. The second-order valence-electron chi connectivity index (χ2n) is 9.27. The van der Waals surface area contributed by atoms with Crippen molar-refractivity contribution in [2.24, 2.45) is 11.3 Å². The lowest BCUT2D eigenvalue weighted by molar-refractivity contribution is -0.136. The Balaban J connectivity index is 1.76. The van der Waals surface area contributed by atoms with Crippen LogP contribution in [0.3, 0.4) is 0 Å². The van der Waals surface area contributed by atoms with Gasteiger partial charge in [0.05, 0.1) is 0 Å². The van der Waals surface area contributed by atoms with Crippen LogP contribution in [0.25, 0.3) is 0 Å². The van der Waals surface area contributed by atoms with E-state index in [1.54, 1.807) is 0 Å². The zero-order valence-electron chi connectivity index (χ0n) is 17.5. The minimum absolute atomic E-state index is 0.0317. The Bertz CT molecular complexity index is 817. The number of hydrogen-bond acceptors (Lipinski definition) is 3. The van der Waals surface area contributed by atoms with E-state index in [0.717, 1.165) is 34.6 Å². The highest BCUT2D eigenvalue weighted by Crippen LogP contribution is 2.46.